The van der Waals surface area contributed by atoms with Crippen LogP contribution in [0.3, 0.4) is 0 Å². The highest BCUT2D eigenvalue weighted by atomic mass is 16.5. The molecular weight excluding hydrogens is 248 g/mol. The van der Waals surface area contributed by atoms with Crippen molar-refractivity contribution in [3.05, 3.63) is 23.8 Å². The topological polar surface area (TPSA) is 65.0 Å². The van der Waals surface area contributed by atoms with Crippen LogP contribution >= 0.6 is 0 Å². The van der Waals surface area contributed by atoms with Crippen LogP contribution in [0.5, 0.6) is 11.5 Å². The van der Waals surface area contributed by atoms with Gasteiger partial charge in [-0.2, -0.15) is 0 Å². The number of carbonyl (C=O) groups excluding carboxylic acids is 1. The number of aliphatic hydroxyl groups is 1. The molecule has 0 radical (unpaired) electrons. The van der Waals surface area contributed by atoms with Crippen LogP contribution in [-0.4, -0.2) is 32.4 Å². The number of aliphatic hydroxyl groups excluding tert-OH is 1. The standard InChI is InChI=1S/C14H20O5/c1-9(5-13(15)19-4)14(16)10-6-11(17-2)8-12(7-10)18-3/h6-9,14,16H,5H2,1-4H3. The maximum atomic E-state index is 11.2. The number of esters is 1. The molecule has 1 aromatic rings. The Morgan fingerprint density at radius 1 is 1.16 bits per heavy atom. The zero-order valence-corrected chi connectivity index (χ0v) is 11.7. The van der Waals surface area contributed by atoms with Crippen molar-refractivity contribution in [1.29, 1.82) is 0 Å². The van der Waals surface area contributed by atoms with E-state index in [1.807, 2.05) is 0 Å². The molecule has 0 spiro atoms. The lowest BCUT2D eigenvalue weighted by atomic mass is 9.94. The summed E-state index contributed by atoms with van der Waals surface area (Å²) >= 11 is 0. The van der Waals surface area contributed by atoms with Gasteiger partial charge in [0.15, 0.2) is 0 Å². The summed E-state index contributed by atoms with van der Waals surface area (Å²) in [5.74, 6) is 0.586. The van der Waals surface area contributed by atoms with Crippen molar-refractivity contribution in [1.82, 2.24) is 0 Å². The SMILES string of the molecule is COC(=O)CC(C)C(O)c1cc(OC)cc(OC)c1. The molecule has 0 saturated carbocycles. The van der Waals surface area contributed by atoms with Crippen LogP contribution in [0.2, 0.25) is 0 Å². The van der Waals surface area contributed by atoms with Crippen molar-refractivity contribution in [2.45, 2.75) is 19.4 Å². The molecule has 0 aliphatic rings. The fraction of sp³-hybridized carbons (Fsp3) is 0.500. The summed E-state index contributed by atoms with van der Waals surface area (Å²) in [5.41, 5.74) is 0.646. The van der Waals surface area contributed by atoms with Crippen LogP contribution < -0.4 is 9.47 Å². The van der Waals surface area contributed by atoms with Crippen molar-refractivity contribution in [3.8, 4) is 11.5 Å². The monoisotopic (exact) mass is 268 g/mol. The fourth-order valence-electron chi connectivity index (χ4n) is 1.79. The number of rotatable bonds is 6. The largest absolute Gasteiger partial charge is 0.497 e. The smallest absolute Gasteiger partial charge is 0.305 e. The van der Waals surface area contributed by atoms with E-state index in [9.17, 15) is 9.90 Å². The van der Waals surface area contributed by atoms with E-state index in [4.69, 9.17) is 9.47 Å². The van der Waals surface area contributed by atoms with Crippen LogP contribution in [0.1, 0.15) is 25.0 Å². The van der Waals surface area contributed by atoms with E-state index in [-0.39, 0.29) is 18.3 Å². The van der Waals surface area contributed by atoms with Crippen LogP contribution in [-0.2, 0) is 9.53 Å². The number of methoxy groups -OCH3 is 3. The summed E-state index contributed by atoms with van der Waals surface area (Å²) in [6.07, 6.45) is -0.639. The lowest BCUT2D eigenvalue weighted by molar-refractivity contribution is -0.142. The molecule has 0 heterocycles. The first-order valence-electron chi connectivity index (χ1n) is 5.99. The lowest BCUT2D eigenvalue weighted by Crippen LogP contribution is -2.15. The van der Waals surface area contributed by atoms with Gasteiger partial charge in [-0.1, -0.05) is 6.92 Å². The van der Waals surface area contributed by atoms with Crippen LogP contribution in [0.15, 0.2) is 18.2 Å². The van der Waals surface area contributed by atoms with Gasteiger partial charge < -0.3 is 19.3 Å². The number of hydrogen-bond donors (Lipinski definition) is 1. The van der Waals surface area contributed by atoms with E-state index in [0.717, 1.165) is 0 Å². The summed E-state index contributed by atoms with van der Waals surface area (Å²) in [6.45, 7) is 1.79. The van der Waals surface area contributed by atoms with Gasteiger partial charge in [0.2, 0.25) is 0 Å². The maximum absolute atomic E-state index is 11.2. The Morgan fingerprint density at radius 2 is 1.68 bits per heavy atom. The number of ether oxygens (including phenoxy) is 3. The molecule has 5 nitrogen and oxygen atoms in total. The lowest BCUT2D eigenvalue weighted by Gasteiger charge is -2.19. The van der Waals surface area contributed by atoms with E-state index in [2.05, 4.69) is 4.74 Å². The second kappa shape index (κ2) is 6.99. The van der Waals surface area contributed by atoms with Crippen LogP contribution in [0.4, 0.5) is 0 Å². The Kier molecular flexibility index (Phi) is 5.63. The van der Waals surface area contributed by atoms with Gasteiger partial charge in [-0.25, -0.2) is 0 Å². The minimum atomic E-state index is -0.789. The van der Waals surface area contributed by atoms with Crippen LogP contribution in [0.25, 0.3) is 0 Å². The first-order valence-corrected chi connectivity index (χ1v) is 5.99. The summed E-state index contributed by atoms with van der Waals surface area (Å²) in [5, 5.41) is 10.3. The van der Waals surface area contributed by atoms with Gasteiger partial charge in [0.05, 0.1) is 33.9 Å². The van der Waals surface area contributed by atoms with E-state index in [1.165, 1.54) is 7.11 Å². The van der Waals surface area contributed by atoms with Crippen molar-refractivity contribution >= 4 is 5.97 Å². The molecule has 0 aliphatic heterocycles. The van der Waals surface area contributed by atoms with E-state index < -0.39 is 6.10 Å². The average molecular weight is 268 g/mol. The van der Waals surface area contributed by atoms with Gasteiger partial charge >= 0.3 is 5.97 Å². The highest BCUT2D eigenvalue weighted by Crippen LogP contribution is 2.31. The Bertz CT molecular complexity index is 408. The van der Waals surface area contributed by atoms with E-state index >= 15 is 0 Å². The average Bonchev–Trinajstić information content (AvgIpc) is 2.45. The van der Waals surface area contributed by atoms with Crippen molar-refractivity contribution in [3.63, 3.8) is 0 Å². The van der Waals surface area contributed by atoms with Gasteiger partial charge in [-0.3, -0.25) is 4.79 Å². The first kappa shape index (κ1) is 15.3. The molecule has 2 unspecified atom stereocenters. The Hall–Kier alpha value is -1.75. The number of benzene rings is 1. The zero-order valence-electron chi connectivity index (χ0n) is 11.7. The molecule has 1 aromatic carbocycles. The van der Waals surface area contributed by atoms with Gasteiger partial charge in [-0.15, -0.1) is 0 Å². The minimum Gasteiger partial charge on any atom is -0.497 e. The van der Waals surface area contributed by atoms with Gasteiger partial charge in [0, 0.05) is 6.07 Å². The van der Waals surface area contributed by atoms with Crippen molar-refractivity contribution < 1.29 is 24.1 Å². The normalized spacial score (nSPS) is 13.5. The molecule has 1 rings (SSSR count). The third-order valence-electron chi connectivity index (χ3n) is 2.97. The Morgan fingerprint density at radius 3 is 2.11 bits per heavy atom. The van der Waals surface area contributed by atoms with E-state index in [0.29, 0.717) is 17.1 Å². The Balaban J connectivity index is 2.91. The molecule has 0 fully saturated rings. The van der Waals surface area contributed by atoms with Gasteiger partial charge in [-0.05, 0) is 23.6 Å². The number of carbonyl (C=O) groups is 1. The molecule has 19 heavy (non-hydrogen) atoms. The highest BCUT2D eigenvalue weighted by Gasteiger charge is 2.21. The van der Waals surface area contributed by atoms with Gasteiger partial charge in [0.25, 0.3) is 0 Å². The van der Waals surface area contributed by atoms with Crippen LogP contribution in [0, 0.1) is 5.92 Å². The predicted octanol–water partition coefficient (Wildman–Crippen LogP) is 1.94. The molecule has 0 bridgehead atoms. The Labute approximate surface area is 113 Å². The second-order valence-corrected chi connectivity index (χ2v) is 4.35. The molecule has 2 atom stereocenters. The summed E-state index contributed by atoms with van der Waals surface area (Å²) < 4.78 is 14.9. The maximum Gasteiger partial charge on any atom is 0.305 e. The third-order valence-corrected chi connectivity index (χ3v) is 2.97. The van der Waals surface area contributed by atoms with Gasteiger partial charge in [0.1, 0.15) is 11.5 Å². The van der Waals surface area contributed by atoms with Crippen molar-refractivity contribution in [2.24, 2.45) is 5.92 Å². The first-order chi connectivity index (χ1) is 9.01. The number of hydrogen-bond acceptors (Lipinski definition) is 5. The third kappa shape index (κ3) is 4.13. The zero-order chi connectivity index (χ0) is 14.4. The minimum absolute atomic E-state index is 0.150. The molecule has 1 N–H and O–H groups in total. The fourth-order valence-corrected chi connectivity index (χ4v) is 1.79. The molecular formula is C14H20O5. The molecule has 0 saturated heterocycles. The highest BCUT2D eigenvalue weighted by molar-refractivity contribution is 5.69. The molecule has 0 amide bonds. The summed E-state index contributed by atoms with van der Waals surface area (Å²) in [6, 6.07) is 5.17. The molecule has 5 heteroatoms. The molecule has 0 aromatic heterocycles. The van der Waals surface area contributed by atoms with Crippen molar-refractivity contribution in [2.75, 3.05) is 21.3 Å². The second-order valence-electron chi connectivity index (χ2n) is 4.35. The molecule has 0 aliphatic carbocycles. The summed E-state index contributed by atoms with van der Waals surface area (Å²) in [4.78, 5) is 11.2. The molecule has 106 valence electrons. The van der Waals surface area contributed by atoms with E-state index in [1.54, 1.807) is 39.3 Å². The summed E-state index contributed by atoms with van der Waals surface area (Å²) in [7, 11) is 4.42. The predicted molar refractivity (Wildman–Crippen MR) is 70.3 cm³/mol. The quantitative estimate of drug-likeness (QED) is 0.799.